The first kappa shape index (κ1) is 26.1. The number of hydrogen-bond acceptors (Lipinski definition) is 4. The molecule has 0 aliphatic heterocycles. The van der Waals surface area contributed by atoms with Crippen LogP contribution in [0.25, 0.3) is 11.0 Å². The number of rotatable bonds is 4. The highest BCUT2D eigenvalue weighted by Crippen LogP contribution is 2.24. The second kappa shape index (κ2) is 13.3. The summed E-state index contributed by atoms with van der Waals surface area (Å²) in [6, 6.07) is 7.02. The lowest BCUT2D eigenvalue weighted by atomic mass is 10.3. The van der Waals surface area contributed by atoms with Crippen molar-refractivity contribution < 1.29 is 22.0 Å². The van der Waals surface area contributed by atoms with Gasteiger partial charge in [-0.05, 0) is 30.3 Å². The molecule has 0 bridgehead atoms. The fourth-order valence-electron chi connectivity index (χ4n) is 1.98. The van der Waals surface area contributed by atoms with E-state index in [1.54, 1.807) is 12.3 Å². The van der Waals surface area contributed by atoms with Gasteiger partial charge in [0.1, 0.15) is 23.8 Å². The number of hydrogen-bond donors (Lipinski definition) is 3. The molecule has 3 rings (SSSR count). The summed E-state index contributed by atoms with van der Waals surface area (Å²) in [5, 5.41) is 5.52. The van der Waals surface area contributed by atoms with E-state index >= 15 is 0 Å². The van der Waals surface area contributed by atoms with Crippen molar-refractivity contribution in [3.8, 4) is 0 Å². The van der Waals surface area contributed by atoms with Crippen LogP contribution in [0.1, 0.15) is 27.7 Å². The Morgan fingerprint density at radius 2 is 1.52 bits per heavy atom. The fraction of sp³-hybridized carbons (Fsp3) is 0.368. The largest absolute Gasteiger partial charge is 0.405 e. The molecule has 10 heteroatoms. The lowest BCUT2D eigenvalue weighted by Crippen LogP contribution is -2.22. The van der Waals surface area contributed by atoms with E-state index in [-0.39, 0.29) is 11.8 Å². The molecular formula is C19H26F5N5. The monoisotopic (exact) mass is 419 g/mol. The van der Waals surface area contributed by atoms with E-state index in [9.17, 15) is 22.0 Å². The second-order valence-corrected chi connectivity index (χ2v) is 4.74. The number of aromatic amines is 1. The molecule has 3 N–H and O–H groups in total. The Hall–Kier alpha value is -2.91. The summed E-state index contributed by atoms with van der Waals surface area (Å²) < 4.78 is 59.6. The van der Waals surface area contributed by atoms with Crippen molar-refractivity contribution in [3.05, 3.63) is 42.3 Å². The van der Waals surface area contributed by atoms with Crippen molar-refractivity contribution in [2.45, 2.75) is 33.9 Å². The topological polar surface area (TPSA) is 65.6 Å². The SMILES string of the molecule is CC.CC.CF.Fc1ccc(Nc2nc(NCC(F)(F)F)c3cc[nH]c3n2)cc1. The summed E-state index contributed by atoms with van der Waals surface area (Å²) in [4.78, 5) is 11.0. The van der Waals surface area contributed by atoms with E-state index in [2.05, 4.69) is 25.6 Å². The normalized spacial score (nSPS) is 9.86. The molecule has 0 radical (unpaired) electrons. The molecule has 1 aromatic carbocycles. The number of anilines is 3. The maximum Gasteiger partial charge on any atom is 0.405 e. The van der Waals surface area contributed by atoms with E-state index in [1.807, 2.05) is 27.7 Å². The average molecular weight is 419 g/mol. The van der Waals surface area contributed by atoms with Gasteiger partial charge in [0, 0.05) is 11.9 Å². The first-order valence-corrected chi connectivity index (χ1v) is 8.97. The number of nitrogens with one attached hydrogen (secondary N) is 3. The molecule has 0 amide bonds. The van der Waals surface area contributed by atoms with Gasteiger partial charge < -0.3 is 15.6 Å². The van der Waals surface area contributed by atoms with Gasteiger partial charge in [-0.3, -0.25) is 4.39 Å². The third-order valence-corrected chi connectivity index (χ3v) is 2.97. The van der Waals surface area contributed by atoms with Gasteiger partial charge in [-0.25, -0.2) is 4.39 Å². The first-order valence-electron chi connectivity index (χ1n) is 8.97. The van der Waals surface area contributed by atoms with Crippen molar-refractivity contribution in [2.24, 2.45) is 0 Å². The number of fused-ring (bicyclic) bond motifs is 1. The minimum atomic E-state index is -4.36. The molecule has 0 aliphatic carbocycles. The van der Waals surface area contributed by atoms with Crippen LogP contribution < -0.4 is 10.6 Å². The van der Waals surface area contributed by atoms with Crippen LogP contribution in [0.5, 0.6) is 0 Å². The highest BCUT2D eigenvalue weighted by Gasteiger charge is 2.27. The summed E-state index contributed by atoms with van der Waals surface area (Å²) in [5.74, 6) is -0.252. The van der Waals surface area contributed by atoms with Crippen LogP contribution in [-0.2, 0) is 0 Å². The van der Waals surface area contributed by atoms with Crippen LogP contribution in [0.3, 0.4) is 0 Å². The molecule has 0 fully saturated rings. The van der Waals surface area contributed by atoms with E-state index in [0.29, 0.717) is 23.9 Å². The second-order valence-electron chi connectivity index (χ2n) is 4.74. The van der Waals surface area contributed by atoms with Crippen molar-refractivity contribution in [1.29, 1.82) is 0 Å². The van der Waals surface area contributed by atoms with E-state index in [1.165, 1.54) is 24.3 Å². The smallest absolute Gasteiger partial charge is 0.360 e. The molecule has 0 atom stereocenters. The van der Waals surface area contributed by atoms with Gasteiger partial charge in [0.15, 0.2) is 0 Å². The number of H-pyrrole nitrogens is 1. The Bertz CT molecular complexity index is 816. The maximum atomic E-state index is 12.9. The predicted octanol–water partition coefficient (Wildman–Crippen LogP) is 6.45. The van der Waals surface area contributed by atoms with Crippen LogP contribution in [0.2, 0.25) is 0 Å². The van der Waals surface area contributed by atoms with Gasteiger partial charge in [-0.2, -0.15) is 23.1 Å². The molecular weight excluding hydrogens is 393 g/mol. The highest BCUT2D eigenvalue weighted by molar-refractivity contribution is 5.88. The van der Waals surface area contributed by atoms with Crippen LogP contribution in [0, 0.1) is 5.82 Å². The first-order chi connectivity index (χ1) is 13.9. The molecule has 2 heterocycles. The quantitative estimate of drug-likeness (QED) is 0.425. The van der Waals surface area contributed by atoms with Gasteiger partial charge in [0.05, 0.1) is 12.6 Å². The number of aromatic nitrogens is 3. The van der Waals surface area contributed by atoms with Crippen molar-refractivity contribution in [1.82, 2.24) is 15.0 Å². The fourth-order valence-corrected chi connectivity index (χ4v) is 1.98. The summed E-state index contributed by atoms with van der Waals surface area (Å²) in [6.45, 7) is 6.79. The van der Waals surface area contributed by atoms with Crippen LogP contribution >= 0.6 is 0 Å². The summed E-state index contributed by atoms with van der Waals surface area (Å²) in [5.41, 5.74) is 0.897. The lowest BCUT2D eigenvalue weighted by molar-refractivity contribution is -0.115. The summed E-state index contributed by atoms with van der Waals surface area (Å²) in [6.07, 6.45) is -2.81. The summed E-state index contributed by atoms with van der Waals surface area (Å²) >= 11 is 0. The highest BCUT2D eigenvalue weighted by atomic mass is 19.4. The minimum absolute atomic E-state index is 0.0539. The van der Waals surface area contributed by atoms with E-state index in [4.69, 9.17) is 0 Å². The number of benzene rings is 1. The molecule has 5 nitrogen and oxygen atoms in total. The Morgan fingerprint density at radius 3 is 2.07 bits per heavy atom. The zero-order valence-corrected chi connectivity index (χ0v) is 17.0. The molecule has 3 aromatic rings. The summed E-state index contributed by atoms with van der Waals surface area (Å²) in [7, 11) is 0.500. The van der Waals surface area contributed by atoms with Gasteiger partial charge in [-0.15, -0.1) is 0 Å². The van der Waals surface area contributed by atoms with Crippen molar-refractivity contribution in [2.75, 3.05) is 24.4 Å². The van der Waals surface area contributed by atoms with Gasteiger partial charge in [0.2, 0.25) is 5.95 Å². The third-order valence-electron chi connectivity index (χ3n) is 2.97. The third kappa shape index (κ3) is 8.75. The zero-order valence-electron chi connectivity index (χ0n) is 17.0. The number of alkyl halides is 4. The Morgan fingerprint density at radius 1 is 0.931 bits per heavy atom. The minimum Gasteiger partial charge on any atom is -0.360 e. The van der Waals surface area contributed by atoms with Crippen LogP contribution in [0.15, 0.2) is 36.5 Å². The Balaban J connectivity index is 0.00000120. The van der Waals surface area contributed by atoms with Crippen LogP contribution in [-0.4, -0.2) is 34.9 Å². The molecule has 29 heavy (non-hydrogen) atoms. The molecule has 0 aliphatic rings. The van der Waals surface area contributed by atoms with Gasteiger partial charge >= 0.3 is 6.18 Å². The maximum absolute atomic E-state index is 12.9. The zero-order chi connectivity index (χ0) is 22.4. The molecule has 0 saturated heterocycles. The van der Waals surface area contributed by atoms with Gasteiger partial charge in [0.25, 0.3) is 0 Å². The van der Waals surface area contributed by atoms with Gasteiger partial charge in [-0.1, -0.05) is 27.7 Å². The lowest BCUT2D eigenvalue weighted by Gasteiger charge is -2.11. The molecule has 0 unspecified atom stereocenters. The molecule has 2 aromatic heterocycles. The van der Waals surface area contributed by atoms with E-state index < -0.39 is 18.5 Å². The Kier molecular flexibility index (Phi) is 12.0. The number of nitrogens with zero attached hydrogens (tertiary/aromatic N) is 2. The average Bonchev–Trinajstić information content (AvgIpc) is 3.21. The van der Waals surface area contributed by atoms with E-state index in [0.717, 1.165) is 0 Å². The molecule has 162 valence electrons. The van der Waals surface area contributed by atoms with Crippen LogP contribution in [0.4, 0.5) is 39.4 Å². The predicted molar refractivity (Wildman–Crippen MR) is 108 cm³/mol. The standard InChI is InChI=1S/C14H11F4N5.2C2H6.CH3F/c15-8-1-3-9(4-2-8)21-13-22-11-10(5-6-19-11)12(23-13)20-7-14(16,17)18;3*1-2/h1-6H,7H2,(H3,19,20,21,22,23);2*1-2H3;1H3. The Labute approximate surface area is 166 Å². The molecule has 0 spiro atoms. The van der Waals surface area contributed by atoms with Crippen molar-refractivity contribution in [3.63, 3.8) is 0 Å². The molecule has 0 saturated carbocycles. The number of halogens is 5. The van der Waals surface area contributed by atoms with Crippen molar-refractivity contribution >= 4 is 28.5 Å².